The number of rotatable bonds is 4. The maximum atomic E-state index is 11.1. The van der Waals surface area contributed by atoms with E-state index < -0.39 is 5.97 Å². The molecular weight excluding hydrogens is 260 g/mol. The summed E-state index contributed by atoms with van der Waals surface area (Å²) in [7, 11) is 1.79. The number of aromatic nitrogens is 6. The van der Waals surface area contributed by atoms with Crippen LogP contribution in [0.4, 0.5) is 0 Å². The molecule has 20 heavy (non-hydrogen) atoms. The minimum absolute atomic E-state index is 0.0423. The van der Waals surface area contributed by atoms with E-state index in [4.69, 9.17) is 5.11 Å². The third-order valence-corrected chi connectivity index (χ3v) is 3.21. The zero-order valence-electron chi connectivity index (χ0n) is 12.0. The van der Waals surface area contributed by atoms with Crippen LogP contribution in [0.1, 0.15) is 33.2 Å². The lowest BCUT2D eigenvalue weighted by molar-refractivity contribution is -0.138. The zero-order valence-corrected chi connectivity index (χ0v) is 12.0. The van der Waals surface area contributed by atoms with Crippen LogP contribution < -0.4 is 0 Å². The fraction of sp³-hybridized carbons (Fsp3) is 0.583. The molecule has 0 aliphatic heterocycles. The highest BCUT2D eigenvalue weighted by molar-refractivity contribution is 5.67. The van der Waals surface area contributed by atoms with E-state index in [1.807, 2.05) is 20.8 Å². The molecule has 1 atom stereocenters. The molecule has 2 heterocycles. The Morgan fingerprint density at radius 2 is 2.15 bits per heavy atom. The summed E-state index contributed by atoms with van der Waals surface area (Å²) in [5.74, 6) is -0.359. The summed E-state index contributed by atoms with van der Waals surface area (Å²) in [6.07, 6.45) is 1.61. The van der Waals surface area contributed by atoms with E-state index in [0.29, 0.717) is 5.82 Å². The van der Waals surface area contributed by atoms with Crippen LogP contribution in [0.3, 0.4) is 0 Å². The predicted octanol–water partition coefficient (Wildman–Crippen LogP) is 1.14. The molecule has 2 aromatic rings. The Labute approximate surface area is 116 Å². The molecule has 0 aromatic carbocycles. The lowest BCUT2D eigenvalue weighted by Crippen LogP contribution is -2.28. The topological polar surface area (TPSA) is 98.7 Å². The molecule has 8 nitrogen and oxygen atoms in total. The van der Waals surface area contributed by atoms with Crippen molar-refractivity contribution in [1.82, 2.24) is 30.0 Å². The Bertz CT molecular complexity index is 609. The fourth-order valence-electron chi connectivity index (χ4n) is 2.09. The minimum atomic E-state index is -0.878. The van der Waals surface area contributed by atoms with Gasteiger partial charge in [-0.25, -0.2) is 4.68 Å². The first-order valence-corrected chi connectivity index (χ1v) is 6.28. The van der Waals surface area contributed by atoms with Crippen LogP contribution in [-0.2, 0) is 11.8 Å². The highest BCUT2D eigenvalue weighted by Gasteiger charge is 2.32. The lowest BCUT2D eigenvalue weighted by Gasteiger charge is -2.29. The van der Waals surface area contributed by atoms with E-state index in [9.17, 15) is 4.79 Å². The van der Waals surface area contributed by atoms with Crippen molar-refractivity contribution in [1.29, 1.82) is 0 Å². The monoisotopic (exact) mass is 278 g/mol. The second-order valence-electron chi connectivity index (χ2n) is 5.77. The standard InChI is InChI=1S/C12H18N6O2/c1-12(2,3)9(7-10(19)20)18-11(14-15-16-18)8-5-6-13-17(8)4/h5-6,9H,7H2,1-4H3,(H,19,20). The van der Waals surface area contributed by atoms with Gasteiger partial charge in [-0.1, -0.05) is 20.8 Å². The van der Waals surface area contributed by atoms with Gasteiger partial charge in [0.15, 0.2) is 0 Å². The first-order chi connectivity index (χ1) is 9.30. The van der Waals surface area contributed by atoms with Crippen molar-refractivity contribution < 1.29 is 9.90 Å². The van der Waals surface area contributed by atoms with Crippen LogP contribution >= 0.6 is 0 Å². The molecule has 0 spiro atoms. The molecular formula is C12H18N6O2. The molecule has 0 amide bonds. The van der Waals surface area contributed by atoms with Gasteiger partial charge < -0.3 is 5.11 Å². The van der Waals surface area contributed by atoms with E-state index >= 15 is 0 Å². The van der Waals surface area contributed by atoms with Crippen LogP contribution in [0.5, 0.6) is 0 Å². The molecule has 0 aliphatic carbocycles. The highest BCUT2D eigenvalue weighted by Crippen LogP contribution is 2.34. The molecule has 0 radical (unpaired) electrons. The number of tetrazole rings is 1. The van der Waals surface area contributed by atoms with Gasteiger partial charge in [0.25, 0.3) is 0 Å². The van der Waals surface area contributed by atoms with Crippen LogP contribution in [0.15, 0.2) is 12.3 Å². The quantitative estimate of drug-likeness (QED) is 0.900. The van der Waals surface area contributed by atoms with Gasteiger partial charge in [0.2, 0.25) is 5.82 Å². The normalized spacial score (nSPS) is 13.4. The maximum Gasteiger partial charge on any atom is 0.305 e. The smallest absolute Gasteiger partial charge is 0.305 e. The van der Waals surface area contributed by atoms with Gasteiger partial charge in [-0.3, -0.25) is 9.48 Å². The number of nitrogens with zero attached hydrogens (tertiary/aromatic N) is 6. The van der Waals surface area contributed by atoms with E-state index in [1.165, 1.54) is 0 Å². The molecule has 2 rings (SSSR count). The van der Waals surface area contributed by atoms with Crippen LogP contribution in [0.2, 0.25) is 0 Å². The van der Waals surface area contributed by atoms with Crippen molar-refractivity contribution in [2.75, 3.05) is 0 Å². The van der Waals surface area contributed by atoms with Crippen molar-refractivity contribution in [2.24, 2.45) is 12.5 Å². The highest BCUT2D eigenvalue weighted by atomic mass is 16.4. The van der Waals surface area contributed by atoms with Crippen LogP contribution in [0.25, 0.3) is 11.5 Å². The van der Waals surface area contributed by atoms with Gasteiger partial charge in [0.1, 0.15) is 5.69 Å². The summed E-state index contributed by atoms with van der Waals surface area (Å²) in [6.45, 7) is 5.90. The second kappa shape index (κ2) is 5.03. The Morgan fingerprint density at radius 1 is 1.45 bits per heavy atom. The van der Waals surface area contributed by atoms with Crippen molar-refractivity contribution in [3.63, 3.8) is 0 Å². The zero-order chi connectivity index (χ0) is 14.9. The summed E-state index contributed by atoms with van der Waals surface area (Å²) >= 11 is 0. The van der Waals surface area contributed by atoms with Crippen molar-refractivity contribution >= 4 is 5.97 Å². The summed E-state index contributed by atoms with van der Waals surface area (Å²) in [5, 5.41) is 24.9. The fourth-order valence-corrected chi connectivity index (χ4v) is 2.09. The minimum Gasteiger partial charge on any atom is -0.481 e. The Morgan fingerprint density at radius 3 is 2.65 bits per heavy atom. The summed E-state index contributed by atoms with van der Waals surface area (Å²) < 4.78 is 3.23. The average Bonchev–Trinajstić information content (AvgIpc) is 2.92. The number of aryl methyl sites for hydroxylation is 1. The summed E-state index contributed by atoms with van der Waals surface area (Å²) in [6, 6.07) is 1.45. The predicted molar refractivity (Wildman–Crippen MR) is 70.8 cm³/mol. The first kappa shape index (κ1) is 14.2. The first-order valence-electron chi connectivity index (χ1n) is 6.28. The van der Waals surface area contributed by atoms with Gasteiger partial charge in [0.05, 0.1) is 12.5 Å². The molecule has 0 aliphatic rings. The van der Waals surface area contributed by atoms with E-state index in [1.54, 1.807) is 28.7 Å². The maximum absolute atomic E-state index is 11.1. The number of carboxylic acids is 1. The third kappa shape index (κ3) is 2.68. The Hall–Kier alpha value is -2.25. The number of aliphatic carboxylic acids is 1. The van der Waals surface area contributed by atoms with Crippen LogP contribution in [-0.4, -0.2) is 41.1 Å². The summed E-state index contributed by atoms with van der Waals surface area (Å²) in [4.78, 5) is 11.1. The van der Waals surface area contributed by atoms with Crippen molar-refractivity contribution in [3.05, 3.63) is 12.3 Å². The molecule has 0 saturated heterocycles. The molecule has 108 valence electrons. The molecule has 0 bridgehead atoms. The van der Waals surface area contributed by atoms with Crippen LogP contribution in [0, 0.1) is 5.41 Å². The number of carbonyl (C=O) groups is 1. The van der Waals surface area contributed by atoms with E-state index in [0.717, 1.165) is 5.69 Å². The SMILES string of the molecule is Cn1nccc1-c1nnnn1C(CC(=O)O)C(C)(C)C. The second-order valence-corrected chi connectivity index (χ2v) is 5.77. The van der Waals surface area contributed by atoms with E-state index in [-0.39, 0.29) is 17.9 Å². The molecule has 1 unspecified atom stereocenters. The molecule has 2 aromatic heterocycles. The van der Waals surface area contributed by atoms with Gasteiger partial charge in [-0.15, -0.1) is 5.10 Å². The molecule has 1 N–H and O–H groups in total. The number of hydrogen-bond acceptors (Lipinski definition) is 5. The lowest BCUT2D eigenvalue weighted by atomic mass is 9.85. The molecule has 0 fully saturated rings. The van der Waals surface area contributed by atoms with Crippen molar-refractivity contribution in [3.8, 4) is 11.5 Å². The number of hydrogen-bond donors (Lipinski definition) is 1. The van der Waals surface area contributed by atoms with Gasteiger partial charge in [-0.05, 0) is 21.9 Å². The molecule has 0 saturated carbocycles. The van der Waals surface area contributed by atoms with Gasteiger partial charge >= 0.3 is 5.97 Å². The molecule has 8 heteroatoms. The third-order valence-electron chi connectivity index (χ3n) is 3.21. The Balaban J connectivity index is 2.48. The van der Waals surface area contributed by atoms with E-state index in [2.05, 4.69) is 20.6 Å². The average molecular weight is 278 g/mol. The largest absolute Gasteiger partial charge is 0.481 e. The van der Waals surface area contributed by atoms with Crippen molar-refractivity contribution in [2.45, 2.75) is 33.2 Å². The number of carboxylic acid groups (broad SMARTS) is 1. The van der Waals surface area contributed by atoms with Gasteiger partial charge in [0, 0.05) is 13.2 Å². The summed E-state index contributed by atoms with van der Waals surface area (Å²) in [5.41, 5.74) is 0.454. The van der Waals surface area contributed by atoms with Gasteiger partial charge in [-0.2, -0.15) is 5.10 Å². The Kier molecular flexibility index (Phi) is 3.56.